The number of rotatable bonds is 0. The molecular formula is C21H33NO2. The van der Waals surface area contributed by atoms with Gasteiger partial charge in [-0.05, 0) is 85.4 Å². The summed E-state index contributed by atoms with van der Waals surface area (Å²) in [4.78, 5) is 0. The first-order chi connectivity index (χ1) is 11.3. The van der Waals surface area contributed by atoms with E-state index in [0.717, 1.165) is 25.7 Å². The molecule has 0 saturated heterocycles. The summed E-state index contributed by atoms with van der Waals surface area (Å²) >= 11 is 0. The zero-order valence-electron chi connectivity index (χ0n) is 15.4. The summed E-state index contributed by atoms with van der Waals surface area (Å²) in [6.45, 7) is 6.86. The van der Waals surface area contributed by atoms with E-state index in [1.165, 1.54) is 19.3 Å². The monoisotopic (exact) mass is 331 g/mol. The van der Waals surface area contributed by atoms with E-state index in [1.807, 2.05) is 0 Å². The summed E-state index contributed by atoms with van der Waals surface area (Å²) in [5, 5.41) is 31.2. The molecule has 0 amide bonds. The molecule has 0 aliphatic heterocycles. The third kappa shape index (κ3) is 2.08. The van der Waals surface area contributed by atoms with Gasteiger partial charge in [0.25, 0.3) is 0 Å². The van der Waals surface area contributed by atoms with Crippen molar-refractivity contribution in [2.45, 2.75) is 77.9 Å². The van der Waals surface area contributed by atoms with E-state index in [-0.39, 0.29) is 29.0 Å². The standard InChI is InChI=1S/C21H33NO2/c1-12-9-21(3)13(8-17(12)23)4-6-15-16-7-5-14(11-22)20(16,2)10-18(24)19(15)21/h12-19,23-24H,4-10H2,1-3H3/t12-,13?,14+,15-,16?,17-,18-,19?,20+,21-/m0/s1. The number of nitrogens with zero attached hydrogens (tertiary/aromatic N) is 1. The molecule has 0 radical (unpaired) electrons. The largest absolute Gasteiger partial charge is 0.393 e. The van der Waals surface area contributed by atoms with Crippen molar-refractivity contribution in [3.63, 3.8) is 0 Å². The van der Waals surface area contributed by atoms with Gasteiger partial charge >= 0.3 is 0 Å². The van der Waals surface area contributed by atoms with E-state index < -0.39 is 0 Å². The van der Waals surface area contributed by atoms with Crippen LogP contribution in [0.15, 0.2) is 0 Å². The Morgan fingerprint density at radius 3 is 2.42 bits per heavy atom. The fraction of sp³-hybridized carbons (Fsp3) is 0.952. The molecule has 4 aliphatic carbocycles. The van der Waals surface area contributed by atoms with Crippen molar-refractivity contribution in [2.75, 3.05) is 0 Å². The average molecular weight is 332 g/mol. The van der Waals surface area contributed by atoms with Crippen LogP contribution in [0.5, 0.6) is 0 Å². The lowest BCUT2D eigenvalue weighted by atomic mass is 9.43. The number of hydrogen-bond donors (Lipinski definition) is 2. The lowest BCUT2D eigenvalue weighted by molar-refractivity contribution is -0.183. The van der Waals surface area contributed by atoms with Crippen LogP contribution in [0.25, 0.3) is 0 Å². The van der Waals surface area contributed by atoms with Gasteiger partial charge in [-0.2, -0.15) is 5.26 Å². The van der Waals surface area contributed by atoms with Gasteiger partial charge in [-0.1, -0.05) is 20.8 Å². The number of fused-ring (bicyclic) bond motifs is 5. The van der Waals surface area contributed by atoms with Crippen LogP contribution >= 0.6 is 0 Å². The molecule has 0 aromatic carbocycles. The summed E-state index contributed by atoms with van der Waals surface area (Å²) in [7, 11) is 0. The molecule has 4 aliphatic rings. The molecule has 0 bridgehead atoms. The second-order valence-electron chi connectivity index (χ2n) is 10.1. The summed E-state index contributed by atoms with van der Waals surface area (Å²) in [5.41, 5.74) is 0.172. The van der Waals surface area contributed by atoms with Crippen LogP contribution in [-0.2, 0) is 0 Å². The van der Waals surface area contributed by atoms with Gasteiger partial charge in [-0.3, -0.25) is 0 Å². The van der Waals surface area contributed by atoms with Crippen LogP contribution in [0.2, 0.25) is 0 Å². The Bertz CT molecular complexity index is 557. The normalized spacial score (nSPS) is 59.8. The van der Waals surface area contributed by atoms with Gasteiger partial charge in [0.15, 0.2) is 0 Å². The van der Waals surface area contributed by atoms with E-state index >= 15 is 0 Å². The highest BCUT2D eigenvalue weighted by molar-refractivity contribution is 5.15. The van der Waals surface area contributed by atoms with E-state index in [1.54, 1.807) is 0 Å². The van der Waals surface area contributed by atoms with E-state index in [9.17, 15) is 15.5 Å². The van der Waals surface area contributed by atoms with Crippen molar-refractivity contribution < 1.29 is 10.2 Å². The predicted octanol–water partition coefficient (Wildman–Crippen LogP) is 3.75. The second kappa shape index (κ2) is 5.45. The fourth-order valence-corrected chi connectivity index (χ4v) is 7.93. The van der Waals surface area contributed by atoms with Crippen LogP contribution in [0.4, 0.5) is 0 Å². The number of hydrogen-bond acceptors (Lipinski definition) is 3. The van der Waals surface area contributed by atoms with Crippen LogP contribution in [0.3, 0.4) is 0 Å². The quantitative estimate of drug-likeness (QED) is 0.710. The highest BCUT2D eigenvalue weighted by Gasteiger charge is 2.63. The Labute approximate surface area is 146 Å². The molecular weight excluding hydrogens is 298 g/mol. The molecule has 24 heavy (non-hydrogen) atoms. The van der Waals surface area contributed by atoms with Gasteiger partial charge in [0, 0.05) is 0 Å². The molecule has 2 N–H and O–H groups in total. The average Bonchev–Trinajstić information content (AvgIpc) is 2.84. The molecule has 4 fully saturated rings. The number of aliphatic hydroxyl groups is 2. The minimum Gasteiger partial charge on any atom is -0.393 e. The Morgan fingerprint density at radius 2 is 1.71 bits per heavy atom. The van der Waals surface area contributed by atoms with Crippen molar-refractivity contribution in [1.82, 2.24) is 0 Å². The van der Waals surface area contributed by atoms with Crippen molar-refractivity contribution in [3.05, 3.63) is 0 Å². The van der Waals surface area contributed by atoms with Gasteiger partial charge in [-0.15, -0.1) is 0 Å². The zero-order valence-corrected chi connectivity index (χ0v) is 15.4. The Hall–Kier alpha value is -0.590. The Morgan fingerprint density at radius 1 is 0.958 bits per heavy atom. The highest BCUT2D eigenvalue weighted by atomic mass is 16.3. The molecule has 0 aromatic heterocycles. The SMILES string of the molecule is C[C@H]1C[C@@]2(C)C(CC[C@@H]3C2[C@@H](O)C[C@@]2(C)C3CC[C@@H]2C#N)C[C@@H]1O. The molecule has 3 unspecified atom stereocenters. The first kappa shape index (κ1) is 16.9. The smallest absolute Gasteiger partial charge is 0.0661 e. The predicted molar refractivity (Wildman–Crippen MR) is 92.8 cm³/mol. The number of aliphatic hydroxyl groups excluding tert-OH is 2. The molecule has 0 aromatic rings. The molecule has 4 saturated carbocycles. The minimum atomic E-state index is -0.277. The van der Waals surface area contributed by atoms with Crippen molar-refractivity contribution in [1.29, 1.82) is 5.26 Å². The first-order valence-corrected chi connectivity index (χ1v) is 10.1. The maximum Gasteiger partial charge on any atom is 0.0661 e. The molecule has 3 nitrogen and oxygen atoms in total. The zero-order chi connectivity index (χ0) is 17.3. The van der Waals surface area contributed by atoms with Gasteiger partial charge in [0.2, 0.25) is 0 Å². The van der Waals surface area contributed by atoms with E-state index in [4.69, 9.17) is 0 Å². The summed E-state index contributed by atoms with van der Waals surface area (Å²) < 4.78 is 0. The first-order valence-electron chi connectivity index (χ1n) is 10.1. The van der Waals surface area contributed by atoms with Crippen LogP contribution < -0.4 is 0 Å². The lowest BCUT2D eigenvalue weighted by Crippen LogP contribution is -2.60. The maximum atomic E-state index is 11.2. The summed E-state index contributed by atoms with van der Waals surface area (Å²) in [6, 6.07) is 2.55. The van der Waals surface area contributed by atoms with E-state index in [0.29, 0.717) is 29.6 Å². The van der Waals surface area contributed by atoms with E-state index in [2.05, 4.69) is 26.8 Å². The molecule has 0 spiro atoms. The fourth-order valence-electron chi connectivity index (χ4n) is 7.93. The van der Waals surface area contributed by atoms with Gasteiger partial charge in [0.1, 0.15) is 0 Å². The molecule has 4 rings (SSSR count). The Balaban J connectivity index is 1.69. The summed E-state index contributed by atoms with van der Waals surface area (Å²) in [6.07, 6.45) is 6.87. The third-order valence-electron chi connectivity index (χ3n) is 9.09. The van der Waals surface area contributed by atoms with Crippen LogP contribution in [-0.4, -0.2) is 22.4 Å². The summed E-state index contributed by atoms with van der Waals surface area (Å²) in [5.74, 6) is 2.55. The molecule has 3 heteroatoms. The van der Waals surface area contributed by atoms with Crippen molar-refractivity contribution >= 4 is 0 Å². The minimum absolute atomic E-state index is 0.0122. The Kier molecular flexibility index (Phi) is 3.83. The van der Waals surface area contributed by atoms with Gasteiger partial charge < -0.3 is 10.2 Å². The van der Waals surface area contributed by atoms with Crippen molar-refractivity contribution in [2.24, 2.45) is 46.3 Å². The van der Waals surface area contributed by atoms with Crippen molar-refractivity contribution in [3.8, 4) is 6.07 Å². The van der Waals surface area contributed by atoms with Gasteiger partial charge in [-0.25, -0.2) is 0 Å². The molecule has 10 atom stereocenters. The van der Waals surface area contributed by atoms with Crippen LogP contribution in [0, 0.1) is 57.7 Å². The molecule has 134 valence electrons. The second-order valence-corrected chi connectivity index (χ2v) is 10.1. The third-order valence-corrected chi connectivity index (χ3v) is 9.09. The molecule has 0 heterocycles. The highest BCUT2D eigenvalue weighted by Crippen LogP contribution is 2.67. The topological polar surface area (TPSA) is 64.2 Å². The number of nitriles is 1. The maximum absolute atomic E-state index is 11.2. The van der Waals surface area contributed by atoms with Gasteiger partial charge in [0.05, 0.1) is 24.2 Å². The van der Waals surface area contributed by atoms with Crippen LogP contribution in [0.1, 0.15) is 65.7 Å². The lowest BCUT2D eigenvalue weighted by Gasteiger charge is -2.62.